The lowest BCUT2D eigenvalue weighted by molar-refractivity contribution is -0.129. The Morgan fingerprint density at radius 1 is 1.18 bits per heavy atom. The minimum Gasteiger partial charge on any atom is -0.495 e. The summed E-state index contributed by atoms with van der Waals surface area (Å²) in [6.07, 6.45) is 2.27. The number of aromatic nitrogens is 2. The molecule has 0 radical (unpaired) electrons. The molecule has 2 heterocycles. The number of aryl methyl sites for hydroxylation is 1. The van der Waals surface area contributed by atoms with Gasteiger partial charge in [0.15, 0.2) is 0 Å². The van der Waals surface area contributed by atoms with Crippen LogP contribution < -0.4 is 10.1 Å². The van der Waals surface area contributed by atoms with Crippen LogP contribution in [0.2, 0.25) is 0 Å². The van der Waals surface area contributed by atoms with E-state index in [0.717, 1.165) is 6.42 Å². The summed E-state index contributed by atoms with van der Waals surface area (Å²) in [5.41, 5.74) is 1.88. The fraction of sp³-hybridized carbons (Fsp3) is 0.280. The molecule has 8 heteroatoms. The van der Waals surface area contributed by atoms with E-state index < -0.39 is 0 Å². The van der Waals surface area contributed by atoms with Gasteiger partial charge in [-0.05, 0) is 37.1 Å². The second-order valence-corrected chi connectivity index (χ2v) is 7.98. The van der Waals surface area contributed by atoms with Crippen molar-refractivity contribution in [3.63, 3.8) is 0 Å². The largest absolute Gasteiger partial charge is 0.495 e. The third kappa shape index (κ3) is 5.00. The van der Waals surface area contributed by atoms with Gasteiger partial charge in [-0.1, -0.05) is 30.3 Å². The molecule has 0 bridgehead atoms. The van der Waals surface area contributed by atoms with Gasteiger partial charge in [0.05, 0.1) is 30.5 Å². The summed E-state index contributed by atoms with van der Waals surface area (Å²) in [5, 5.41) is 2.83. The molecule has 33 heavy (non-hydrogen) atoms. The predicted molar refractivity (Wildman–Crippen MR) is 122 cm³/mol. The summed E-state index contributed by atoms with van der Waals surface area (Å²) in [6.45, 7) is 2.80. The summed E-state index contributed by atoms with van der Waals surface area (Å²) in [7, 11) is 1.54. The number of rotatable bonds is 6. The molecule has 1 atom stereocenters. The van der Waals surface area contributed by atoms with Gasteiger partial charge in [-0.3, -0.25) is 9.59 Å². The second-order valence-electron chi connectivity index (χ2n) is 7.98. The molecule has 1 saturated heterocycles. The van der Waals surface area contributed by atoms with E-state index >= 15 is 0 Å². The van der Waals surface area contributed by atoms with E-state index in [2.05, 4.69) is 15.3 Å². The number of hydrogen-bond acceptors (Lipinski definition) is 5. The Morgan fingerprint density at radius 3 is 2.70 bits per heavy atom. The Bertz CT molecular complexity index is 1180. The second kappa shape index (κ2) is 9.77. The number of nitrogens with zero attached hydrogens (tertiary/aromatic N) is 3. The summed E-state index contributed by atoms with van der Waals surface area (Å²) in [5.74, 6) is 0.320. The van der Waals surface area contributed by atoms with Crippen molar-refractivity contribution in [2.24, 2.45) is 0 Å². The topological polar surface area (TPSA) is 84.4 Å². The van der Waals surface area contributed by atoms with Gasteiger partial charge in [0.2, 0.25) is 5.91 Å². The molecule has 1 fully saturated rings. The van der Waals surface area contributed by atoms with Gasteiger partial charge in [0.1, 0.15) is 17.4 Å². The zero-order valence-corrected chi connectivity index (χ0v) is 18.5. The van der Waals surface area contributed by atoms with Crippen molar-refractivity contribution in [2.75, 3.05) is 25.5 Å². The van der Waals surface area contributed by atoms with E-state index in [9.17, 15) is 14.0 Å². The van der Waals surface area contributed by atoms with E-state index in [1.54, 1.807) is 49.3 Å². The number of carbonyl (C=O) groups is 2. The van der Waals surface area contributed by atoms with Crippen LogP contribution in [0.25, 0.3) is 0 Å². The molecule has 0 saturated carbocycles. The first-order chi connectivity index (χ1) is 16.0. The molecule has 3 aromatic rings. The molecule has 1 unspecified atom stereocenters. The molecule has 1 aliphatic rings. The van der Waals surface area contributed by atoms with Crippen molar-refractivity contribution in [2.45, 2.75) is 25.7 Å². The maximum Gasteiger partial charge on any atom is 0.259 e. The minimum atomic E-state index is -0.373. The number of ether oxygens (including phenoxy) is 1. The summed E-state index contributed by atoms with van der Waals surface area (Å²) >= 11 is 0. The molecule has 1 aromatic heterocycles. The first-order valence-corrected chi connectivity index (χ1v) is 10.8. The Balaban J connectivity index is 1.41. The fourth-order valence-electron chi connectivity index (χ4n) is 3.96. The molecule has 1 aliphatic heterocycles. The van der Waals surface area contributed by atoms with Gasteiger partial charge in [-0.2, -0.15) is 0 Å². The molecular formula is C25H25FN4O3. The molecule has 2 amide bonds. The highest BCUT2D eigenvalue weighted by Crippen LogP contribution is 2.27. The quantitative estimate of drug-likeness (QED) is 0.621. The average molecular weight is 448 g/mol. The van der Waals surface area contributed by atoms with Gasteiger partial charge >= 0.3 is 0 Å². The molecule has 0 spiro atoms. The maximum atomic E-state index is 13.9. The van der Waals surface area contributed by atoms with Crippen LogP contribution in [0.15, 0.2) is 54.7 Å². The Labute approximate surface area is 191 Å². The van der Waals surface area contributed by atoms with Gasteiger partial charge in [-0.25, -0.2) is 14.4 Å². The van der Waals surface area contributed by atoms with Gasteiger partial charge in [0, 0.05) is 25.2 Å². The average Bonchev–Trinajstić information content (AvgIpc) is 3.31. The Morgan fingerprint density at radius 2 is 1.94 bits per heavy atom. The van der Waals surface area contributed by atoms with E-state index in [0.29, 0.717) is 47.2 Å². The lowest BCUT2D eigenvalue weighted by Crippen LogP contribution is -2.30. The van der Waals surface area contributed by atoms with Crippen molar-refractivity contribution < 1.29 is 18.7 Å². The normalized spacial score (nSPS) is 15.4. The molecule has 0 aliphatic carbocycles. The number of nitrogens with one attached hydrogen (secondary N) is 1. The van der Waals surface area contributed by atoms with E-state index in [1.807, 2.05) is 12.1 Å². The first kappa shape index (κ1) is 22.4. The molecule has 1 N–H and O–H groups in total. The van der Waals surface area contributed by atoms with Gasteiger partial charge in [0.25, 0.3) is 5.91 Å². The van der Waals surface area contributed by atoms with Crippen LogP contribution in [-0.4, -0.2) is 46.9 Å². The van der Waals surface area contributed by atoms with Crippen molar-refractivity contribution in [1.82, 2.24) is 14.9 Å². The number of amides is 2. The number of anilines is 1. The van der Waals surface area contributed by atoms with Crippen LogP contribution in [0.5, 0.6) is 5.75 Å². The fourth-order valence-corrected chi connectivity index (χ4v) is 3.96. The number of carbonyl (C=O) groups excluding carboxylic acids is 2. The SMILES string of the molecule is COc1ccccc1NC(=O)c1cnc(C2CCN(C(=O)Cc3ccccc3F)C2)nc1C. The standard InChI is InChI=1S/C25H25FN4O3/c1-16-19(25(32)29-21-9-5-6-10-22(21)33-2)14-27-24(28-16)18-11-12-30(15-18)23(31)13-17-7-3-4-8-20(17)26/h3-10,14,18H,11-13,15H2,1-2H3,(H,29,32). The number of para-hydroxylation sites is 2. The third-order valence-electron chi connectivity index (χ3n) is 5.80. The van der Waals surface area contributed by atoms with Crippen LogP contribution in [-0.2, 0) is 11.2 Å². The number of halogens is 1. The highest BCUT2D eigenvalue weighted by atomic mass is 19.1. The third-order valence-corrected chi connectivity index (χ3v) is 5.80. The smallest absolute Gasteiger partial charge is 0.259 e. The molecule has 170 valence electrons. The van der Waals surface area contributed by atoms with Gasteiger partial charge < -0.3 is 15.0 Å². The molecule has 4 rings (SSSR count). The molecule has 2 aromatic carbocycles. The summed E-state index contributed by atoms with van der Waals surface area (Å²) in [4.78, 5) is 36.1. The van der Waals surface area contributed by atoms with Crippen molar-refractivity contribution >= 4 is 17.5 Å². The summed E-state index contributed by atoms with van der Waals surface area (Å²) < 4.78 is 19.1. The van der Waals surface area contributed by atoms with Gasteiger partial charge in [-0.15, -0.1) is 0 Å². The highest BCUT2D eigenvalue weighted by molar-refractivity contribution is 6.05. The van der Waals surface area contributed by atoms with Crippen molar-refractivity contribution in [3.8, 4) is 5.75 Å². The van der Waals surface area contributed by atoms with E-state index in [4.69, 9.17) is 4.74 Å². The summed E-state index contributed by atoms with van der Waals surface area (Å²) in [6, 6.07) is 13.5. The van der Waals surface area contributed by atoms with Crippen LogP contribution in [0.3, 0.4) is 0 Å². The highest BCUT2D eigenvalue weighted by Gasteiger charge is 2.30. The van der Waals surface area contributed by atoms with Crippen molar-refractivity contribution in [1.29, 1.82) is 0 Å². The predicted octanol–water partition coefficient (Wildman–Crippen LogP) is 3.74. The van der Waals surface area contributed by atoms with Crippen molar-refractivity contribution in [3.05, 3.63) is 83.2 Å². The van der Waals surface area contributed by atoms with E-state index in [1.165, 1.54) is 12.3 Å². The Kier molecular flexibility index (Phi) is 6.63. The number of likely N-dealkylation sites (tertiary alicyclic amines) is 1. The molecular weight excluding hydrogens is 423 g/mol. The minimum absolute atomic E-state index is 0.0281. The Hall–Kier alpha value is -3.81. The van der Waals surface area contributed by atoms with Crippen LogP contribution >= 0.6 is 0 Å². The lowest BCUT2D eigenvalue weighted by atomic mass is 10.1. The number of hydrogen-bond donors (Lipinski definition) is 1. The monoisotopic (exact) mass is 448 g/mol. The van der Waals surface area contributed by atoms with E-state index in [-0.39, 0.29) is 30.0 Å². The van der Waals surface area contributed by atoms with Crippen LogP contribution in [0, 0.1) is 12.7 Å². The van der Waals surface area contributed by atoms with Crippen LogP contribution in [0.1, 0.15) is 39.8 Å². The number of methoxy groups -OCH3 is 1. The van der Waals surface area contributed by atoms with Crippen LogP contribution in [0.4, 0.5) is 10.1 Å². The maximum absolute atomic E-state index is 13.9. The molecule has 7 nitrogen and oxygen atoms in total. The first-order valence-electron chi connectivity index (χ1n) is 10.8. The zero-order chi connectivity index (χ0) is 23.4. The lowest BCUT2D eigenvalue weighted by Gasteiger charge is -2.17. The number of benzene rings is 2. The zero-order valence-electron chi connectivity index (χ0n) is 18.5.